The Kier molecular flexibility index (Phi) is 7.49. The molecule has 11 heteroatoms. The summed E-state index contributed by atoms with van der Waals surface area (Å²) < 4.78 is 39.7. The minimum absolute atomic E-state index is 0.0491. The summed E-state index contributed by atoms with van der Waals surface area (Å²) in [6, 6.07) is 12.4. The summed E-state index contributed by atoms with van der Waals surface area (Å²) in [6.45, 7) is 7.02. The van der Waals surface area contributed by atoms with Crippen molar-refractivity contribution in [3.8, 4) is 5.69 Å². The van der Waals surface area contributed by atoms with Gasteiger partial charge in [-0.2, -0.15) is 0 Å². The minimum atomic E-state index is -0.847. The molecule has 4 rings (SSSR count). The molecule has 2 N–H and O–H groups in total. The zero-order valence-electron chi connectivity index (χ0n) is 21.1. The standard InChI is InChI=1S/C27H25F2N3O5S/c1-5-36-25(34)23-22(31-20-12-6-15(28)14-19(20)29)18-11-13-21(33)32(24(18)38-23)17-9-7-16(8-10-17)30-26(35)37-27(2,3)4/h6-14,31H,5H2,1-4H3,(H,30,35). The zero-order valence-corrected chi connectivity index (χ0v) is 21.9. The first kappa shape index (κ1) is 26.8. The average molecular weight is 542 g/mol. The van der Waals surface area contributed by atoms with E-state index in [4.69, 9.17) is 9.47 Å². The van der Waals surface area contributed by atoms with Crippen molar-refractivity contribution < 1.29 is 27.8 Å². The van der Waals surface area contributed by atoms with Crippen LogP contribution >= 0.6 is 11.3 Å². The van der Waals surface area contributed by atoms with Crippen molar-refractivity contribution in [1.82, 2.24) is 4.57 Å². The van der Waals surface area contributed by atoms with Crippen LogP contribution in [0.1, 0.15) is 37.4 Å². The number of hydrogen-bond acceptors (Lipinski definition) is 7. The number of ether oxygens (including phenoxy) is 2. The molecule has 38 heavy (non-hydrogen) atoms. The number of esters is 1. The summed E-state index contributed by atoms with van der Waals surface area (Å²) in [5.74, 6) is -2.25. The smallest absolute Gasteiger partial charge is 0.412 e. The maximum absolute atomic E-state index is 14.4. The lowest BCUT2D eigenvalue weighted by atomic mass is 10.2. The third kappa shape index (κ3) is 5.83. The highest BCUT2D eigenvalue weighted by molar-refractivity contribution is 7.21. The van der Waals surface area contributed by atoms with Crippen LogP contribution in [0.2, 0.25) is 0 Å². The van der Waals surface area contributed by atoms with Crippen molar-refractivity contribution in [3.05, 3.63) is 81.5 Å². The fourth-order valence-corrected chi connectivity index (χ4v) is 4.80. The monoisotopic (exact) mass is 541 g/mol. The van der Waals surface area contributed by atoms with Crippen LogP contribution in [0.25, 0.3) is 15.9 Å². The second kappa shape index (κ2) is 10.6. The molecule has 0 bridgehead atoms. The normalized spacial score (nSPS) is 11.3. The summed E-state index contributed by atoms with van der Waals surface area (Å²) in [5, 5.41) is 5.95. The highest BCUT2D eigenvalue weighted by atomic mass is 32.1. The number of nitrogens with zero attached hydrogens (tertiary/aromatic N) is 1. The van der Waals surface area contributed by atoms with Gasteiger partial charge in [0.1, 0.15) is 26.9 Å². The van der Waals surface area contributed by atoms with Gasteiger partial charge < -0.3 is 14.8 Å². The third-order valence-corrected chi connectivity index (χ3v) is 6.33. The molecule has 0 saturated heterocycles. The SMILES string of the molecule is CCOC(=O)c1sc2c(ccc(=O)n2-c2ccc(NC(=O)OC(C)(C)C)cc2)c1Nc1ccc(F)cc1F. The van der Waals surface area contributed by atoms with Crippen LogP contribution < -0.4 is 16.2 Å². The van der Waals surface area contributed by atoms with Crippen molar-refractivity contribution in [2.45, 2.75) is 33.3 Å². The zero-order chi connectivity index (χ0) is 27.6. The highest BCUT2D eigenvalue weighted by Crippen LogP contribution is 2.39. The number of hydrogen-bond donors (Lipinski definition) is 2. The largest absolute Gasteiger partial charge is 0.462 e. The molecule has 4 aromatic rings. The van der Waals surface area contributed by atoms with Gasteiger partial charge in [0.25, 0.3) is 5.56 Å². The minimum Gasteiger partial charge on any atom is -0.462 e. The number of carbonyl (C=O) groups excluding carboxylic acids is 2. The molecule has 0 aliphatic rings. The summed E-state index contributed by atoms with van der Waals surface area (Å²) in [4.78, 5) is 38.4. The molecule has 0 fully saturated rings. The van der Waals surface area contributed by atoms with E-state index < -0.39 is 29.3 Å². The van der Waals surface area contributed by atoms with E-state index in [-0.39, 0.29) is 28.4 Å². The van der Waals surface area contributed by atoms with E-state index >= 15 is 0 Å². The van der Waals surface area contributed by atoms with E-state index in [1.165, 1.54) is 22.8 Å². The number of carbonyl (C=O) groups is 2. The van der Waals surface area contributed by atoms with E-state index in [2.05, 4.69) is 10.6 Å². The number of pyridine rings is 1. The third-order valence-electron chi connectivity index (χ3n) is 5.16. The lowest BCUT2D eigenvalue weighted by molar-refractivity contribution is 0.0532. The molecule has 0 aliphatic heterocycles. The first-order chi connectivity index (χ1) is 18.0. The average Bonchev–Trinajstić information content (AvgIpc) is 3.19. The number of anilines is 3. The molecular formula is C27H25F2N3O5S. The molecule has 198 valence electrons. The Morgan fingerprint density at radius 2 is 1.74 bits per heavy atom. The number of thiophene rings is 1. The highest BCUT2D eigenvalue weighted by Gasteiger charge is 2.24. The fourth-order valence-electron chi connectivity index (χ4n) is 3.63. The topological polar surface area (TPSA) is 98.7 Å². The predicted molar refractivity (Wildman–Crippen MR) is 143 cm³/mol. The maximum Gasteiger partial charge on any atom is 0.412 e. The summed E-state index contributed by atoms with van der Waals surface area (Å²) in [5.41, 5.74) is 0.0624. The second-order valence-electron chi connectivity index (χ2n) is 9.18. The van der Waals surface area contributed by atoms with Crippen molar-refractivity contribution in [1.29, 1.82) is 0 Å². The van der Waals surface area contributed by atoms with Gasteiger partial charge in [0, 0.05) is 23.2 Å². The molecule has 0 spiro atoms. The van der Waals surface area contributed by atoms with Gasteiger partial charge in [-0.05, 0) is 70.2 Å². The number of fused-ring (bicyclic) bond motifs is 1. The molecule has 2 heterocycles. The van der Waals surface area contributed by atoms with Gasteiger partial charge in [-0.3, -0.25) is 14.7 Å². The van der Waals surface area contributed by atoms with Crippen LogP contribution in [-0.2, 0) is 9.47 Å². The van der Waals surface area contributed by atoms with Crippen LogP contribution in [-0.4, -0.2) is 28.8 Å². The van der Waals surface area contributed by atoms with Gasteiger partial charge in [-0.1, -0.05) is 0 Å². The maximum atomic E-state index is 14.4. The summed E-state index contributed by atoms with van der Waals surface area (Å²) in [7, 11) is 0. The molecular weight excluding hydrogens is 516 g/mol. The number of amides is 1. The molecule has 0 aliphatic carbocycles. The molecule has 0 unspecified atom stereocenters. The molecule has 2 aromatic carbocycles. The van der Waals surface area contributed by atoms with E-state index in [0.717, 1.165) is 23.5 Å². The van der Waals surface area contributed by atoms with Gasteiger partial charge in [0.2, 0.25) is 0 Å². The van der Waals surface area contributed by atoms with Gasteiger partial charge in [-0.25, -0.2) is 18.4 Å². The Morgan fingerprint density at radius 1 is 1.03 bits per heavy atom. The number of benzene rings is 2. The van der Waals surface area contributed by atoms with Crippen LogP contribution in [0.4, 0.5) is 30.6 Å². The predicted octanol–water partition coefficient (Wildman–Crippen LogP) is 6.60. The van der Waals surface area contributed by atoms with Crippen LogP contribution in [0.3, 0.4) is 0 Å². The van der Waals surface area contributed by atoms with Gasteiger partial charge >= 0.3 is 12.1 Å². The fraction of sp³-hybridized carbons (Fsp3) is 0.222. The first-order valence-corrected chi connectivity index (χ1v) is 12.5. The van der Waals surface area contributed by atoms with Gasteiger partial charge in [0.05, 0.1) is 23.7 Å². The lowest BCUT2D eigenvalue weighted by Crippen LogP contribution is -2.27. The molecule has 0 saturated carbocycles. The Balaban J connectivity index is 1.78. The molecule has 8 nitrogen and oxygen atoms in total. The Bertz CT molecular complexity index is 1570. The number of aromatic nitrogens is 1. The van der Waals surface area contributed by atoms with Crippen molar-refractivity contribution in [3.63, 3.8) is 0 Å². The van der Waals surface area contributed by atoms with E-state index in [1.807, 2.05) is 0 Å². The van der Waals surface area contributed by atoms with E-state index in [0.29, 0.717) is 21.6 Å². The van der Waals surface area contributed by atoms with Crippen molar-refractivity contribution in [2.75, 3.05) is 17.2 Å². The van der Waals surface area contributed by atoms with Gasteiger partial charge in [0.15, 0.2) is 0 Å². The molecule has 2 aromatic heterocycles. The molecule has 0 radical (unpaired) electrons. The molecule has 1 amide bonds. The van der Waals surface area contributed by atoms with E-state index in [9.17, 15) is 23.2 Å². The number of halogens is 2. The summed E-state index contributed by atoms with van der Waals surface area (Å²) >= 11 is 0.997. The Hall–Kier alpha value is -4.25. The Morgan fingerprint density at radius 3 is 2.37 bits per heavy atom. The number of nitrogens with one attached hydrogen (secondary N) is 2. The van der Waals surface area contributed by atoms with Crippen LogP contribution in [0.5, 0.6) is 0 Å². The van der Waals surface area contributed by atoms with Crippen LogP contribution in [0, 0.1) is 11.6 Å². The first-order valence-electron chi connectivity index (χ1n) is 11.6. The van der Waals surface area contributed by atoms with Crippen molar-refractivity contribution >= 4 is 50.7 Å². The number of rotatable bonds is 6. The van der Waals surface area contributed by atoms with Crippen LogP contribution in [0.15, 0.2) is 59.4 Å². The molecule has 0 atom stereocenters. The Labute approximate surface area is 220 Å². The second-order valence-corrected chi connectivity index (χ2v) is 10.2. The van der Waals surface area contributed by atoms with Crippen molar-refractivity contribution in [2.24, 2.45) is 0 Å². The lowest BCUT2D eigenvalue weighted by Gasteiger charge is -2.19. The quantitative estimate of drug-likeness (QED) is 0.267. The van der Waals surface area contributed by atoms with Gasteiger partial charge in [-0.15, -0.1) is 11.3 Å². The van der Waals surface area contributed by atoms with E-state index in [1.54, 1.807) is 52.0 Å². The summed E-state index contributed by atoms with van der Waals surface area (Å²) in [6.07, 6.45) is -0.620.